The summed E-state index contributed by atoms with van der Waals surface area (Å²) in [5, 5.41) is 16.4. The Hall–Kier alpha value is -3.91. The molecule has 55 heavy (non-hydrogen) atoms. The fourth-order valence-corrected chi connectivity index (χ4v) is 5.50. The van der Waals surface area contributed by atoms with Crippen molar-refractivity contribution in [2.75, 3.05) is 45.8 Å². The monoisotopic (exact) mass is 785 g/mol. The molecule has 4 atom stereocenters. The molecule has 0 radical (unpaired) electrons. The first-order valence-electron chi connectivity index (χ1n) is 20.0. The highest BCUT2D eigenvalue weighted by Crippen LogP contribution is 2.06. The first kappa shape index (κ1) is 51.1. The van der Waals surface area contributed by atoms with Crippen molar-refractivity contribution in [3.8, 4) is 0 Å². The highest BCUT2D eigenvalue weighted by Gasteiger charge is 2.23. The minimum atomic E-state index is -0.808. The van der Waals surface area contributed by atoms with E-state index in [1.807, 2.05) is 0 Å². The predicted molar refractivity (Wildman–Crippen MR) is 211 cm³/mol. The lowest BCUT2D eigenvalue weighted by molar-refractivity contribution is -0.129. The van der Waals surface area contributed by atoms with Crippen molar-refractivity contribution in [2.24, 2.45) is 34.4 Å². The zero-order valence-corrected chi connectivity index (χ0v) is 32.8. The van der Waals surface area contributed by atoms with E-state index in [1.54, 1.807) is 0 Å². The maximum atomic E-state index is 13.0. The van der Waals surface area contributed by atoms with Crippen LogP contribution in [0.3, 0.4) is 0 Å². The van der Waals surface area contributed by atoms with Gasteiger partial charge in [-0.05, 0) is 116 Å². The summed E-state index contributed by atoms with van der Waals surface area (Å²) in [5.41, 5.74) is 33.4. The molecule has 0 aromatic heterocycles. The number of amides is 7. The molecule has 0 aliphatic heterocycles. The molecule has 318 valence electrons. The number of unbranched alkanes of at least 4 members (excludes halogenated alkanes) is 4. The number of nitrogens with one attached hydrogen (secondary N) is 6. The largest absolute Gasteiger partial charge is 0.368 e. The number of hydrogen-bond acceptors (Lipinski definition) is 12. The van der Waals surface area contributed by atoms with Gasteiger partial charge in [-0.1, -0.05) is 6.42 Å². The molecule has 0 saturated carbocycles. The molecular weight excluding hydrogens is 712 g/mol. The number of carbonyl (C=O) groups is 7. The Morgan fingerprint density at radius 2 is 0.709 bits per heavy atom. The second-order valence-electron chi connectivity index (χ2n) is 13.7. The zero-order chi connectivity index (χ0) is 41.3. The smallest absolute Gasteiger partial charge is 0.242 e. The second-order valence-corrected chi connectivity index (χ2v) is 13.7. The van der Waals surface area contributed by atoms with Crippen LogP contribution in [-0.2, 0) is 33.6 Å². The van der Waals surface area contributed by atoms with Crippen LogP contribution >= 0.6 is 0 Å². The lowest BCUT2D eigenvalue weighted by Gasteiger charge is -2.20. The topological polar surface area (TPSA) is 348 Å². The van der Waals surface area contributed by atoms with Crippen LogP contribution in [0.25, 0.3) is 0 Å². The van der Waals surface area contributed by atoms with Gasteiger partial charge in [0.05, 0.1) is 6.04 Å². The minimum absolute atomic E-state index is 0.0417. The van der Waals surface area contributed by atoms with Gasteiger partial charge in [0.1, 0.15) is 18.1 Å². The van der Waals surface area contributed by atoms with E-state index >= 15 is 0 Å². The Labute approximate surface area is 326 Å². The number of primary amides is 1. The number of hydrogen-bond donors (Lipinski definition) is 12. The summed E-state index contributed by atoms with van der Waals surface area (Å²) in [4.78, 5) is 87.5. The van der Waals surface area contributed by atoms with E-state index in [0.29, 0.717) is 110 Å². The summed E-state index contributed by atoms with van der Waals surface area (Å²) in [7, 11) is 0. The van der Waals surface area contributed by atoms with Gasteiger partial charge in [-0.15, -0.1) is 0 Å². The summed E-state index contributed by atoms with van der Waals surface area (Å²) < 4.78 is 0. The average Bonchev–Trinajstić information content (AvgIpc) is 3.15. The van der Waals surface area contributed by atoms with E-state index in [9.17, 15) is 33.6 Å². The van der Waals surface area contributed by atoms with Gasteiger partial charge in [0.15, 0.2) is 0 Å². The molecule has 19 nitrogen and oxygen atoms in total. The van der Waals surface area contributed by atoms with Crippen LogP contribution in [-0.4, -0.2) is 111 Å². The quantitative estimate of drug-likeness (QED) is 0.0296. The molecule has 0 bridgehead atoms. The standard InChI is InChI=1S/C36H72N12O7/c37-19-5-1-12-26(41)34(53)43-23-9-17-31(50)47-28(14-3-7-21-39)36(55)45-25-11-18-32(51)48-29(15-4-8-22-40)35(54)44-24-10-16-30(49)46-27(33(42)52)13-2-6-20-38/h26-29H,1-25,37-41H2,(H2,42,52)(H,43,53)(H,44,54)(H,45,55)(H,46,49)(H,47,50)(H,48,51)/t26-,27-,28-,29-/m0/s1. The Morgan fingerprint density at radius 3 is 1.05 bits per heavy atom. The van der Waals surface area contributed by atoms with Crippen LogP contribution in [0, 0.1) is 0 Å². The van der Waals surface area contributed by atoms with Crippen molar-refractivity contribution in [1.29, 1.82) is 0 Å². The van der Waals surface area contributed by atoms with Gasteiger partial charge in [0.25, 0.3) is 0 Å². The molecule has 0 aliphatic rings. The molecule has 0 fully saturated rings. The van der Waals surface area contributed by atoms with Crippen LogP contribution in [0.2, 0.25) is 0 Å². The lowest BCUT2D eigenvalue weighted by atomic mass is 10.1. The van der Waals surface area contributed by atoms with Crippen LogP contribution in [0.4, 0.5) is 0 Å². The molecule has 0 heterocycles. The summed E-state index contributed by atoms with van der Waals surface area (Å²) in [6.45, 7) is 2.52. The van der Waals surface area contributed by atoms with Crippen molar-refractivity contribution >= 4 is 41.4 Å². The van der Waals surface area contributed by atoms with Crippen molar-refractivity contribution in [3.63, 3.8) is 0 Å². The Morgan fingerprint density at radius 1 is 0.400 bits per heavy atom. The van der Waals surface area contributed by atoms with Gasteiger partial charge in [-0.25, -0.2) is 0 Å². The number of carbonyl (C=O) groups excluding carboxylic acids is 7. The molecule has 0 aromatic rings. The van der Waals surface area contributed by atoms with Crippen molar-refractivity contribution in [2.45, 2.75) is 140 Å². The number of rotatable bonds is 35. The normalized spacial score (nSPS) is 13.1. The fraction of sp³-hybridized carbons (Fsp3) is 0.806. The van der Waals surface area contributed by atoms with Gasteiger partial charge < -0.3 is 66.3 Å². The molecule has 18 N–H and O–H groups in total. The average molecular weight is 785 g/mol. The summed E-state index contributed by atoms with van der Waals surface area (Å²) in [6.07, 6.45) is 8.38. The van der Waals surface area contributed by atoms with E-state index in [1.165, 1.54) is 0 Å². The summed E-state index contributed by atoms with van der Waals surface area (Å²) in [5.74, 6) is -2.73. The van der Waals surface area contributed by atoms with E-state index in [-0.39, 0.29) is 68.4 Å². The maximum absolute atomic E-state index is 13.0. The summed E-state index contributed by atoms with van der Waals surface area (Å²) >= 11 is 0. The molecule has 19 heteroatoms. The van der Waals surface area contributed by atoms with Crippen molar-refractivity contribution in [3.05, 3.63) is 0 Å². The minimum Gasteiger partial charge on any atom is -0.368 e. The maximum Gasteiger partial charge on any atom is 0.242 e. The van der Waals surface area contributed by atoms with E-state index in [4.69, 9.17) is 34.4 Å². The van der Waals surface area contributed by atoms with E-state index < -0.39 is 36.0 Å². The molecular formula is C36H72N12O7. The molecule has 7 amide bonds. The second kappa shape index (κ2) is 33.4. The first-order valence-corrected chi connectivity index (χ1v) is 20.0. The predicted octanol–water partition coefficient (Wildman–Crippen LogP) is -2.54. The van der Waals surface area contributed by atoms with Crippen LogP contribution in [0.1, 0.15) is 116 Å². The molecule has 0 spiro atoms. The zero-order valence-electron chi connectivity index (χ0n) is 32.8. The van der Waals surface area contributed by atoms with Gasteiger partial charge in [-0.3, -0.25) is 33.6 Å². The third kappa shape index (κ3) is 27.3. The Bertz CT molecular complexity index is 1130. The SMILES string of the molecule is NCCCC[C@H](NC(=O)CCCNC(=O)[C@H](CCCCN)NC(=O)CCCNC(=O)[C@H](CCCCN)NC(=O)CCCNC(=O)[C@@H](N)CCCCN)C(N)=O. The third-order valence-electron chi connectivity index (χ3n) is 8.77. The Balaban J connectivity index is 4.79. The van der Waals surface area contributed by atoms with E-state index in [0.717, 1.165) is 12.8 Å². The molecule has 0 unspecified atom stereocenters. The highest BCUT2D eigenvalue weighted by molar-refractivity contribution is 5.89. The van der Waals surface area contributed by atoms with Gasteiger partial charge in [-0.2, -0.15) is 0 Å². The third-order valence-corrected chi connectivity index (χ3v) is 8.77. The Kier molecular flexibility index (Phi) is 31.1. The molecule has 0 saturated heterocycles. The lowest BCUT2D eigenvalue weighted by Crippen LogP contribution is -2.48. The fourth-order valence-electron chi connectivity index (χ4n) is 5.50. The van der Waals surface area contributed by atoms with E-state index in [2.05, 4.69) is 31.9 Å². The van der Waals surface area contributed by atoms with Gasteiger partial charge in [0.2, 0.25) is 41.4 Å². The highest BCUT2D eigenvalue weighted by atomic mass is 16.2. The molecule has 0 aliphatic carbocycles. The number of nitrogens with two attached hydrogens (primary N) is 6. The van der Waals surface area contributed by atoms with Crippen LogP contribution in [0.15, 0.2) is 0 Å². The van der Waals surface area contributed by atoms with Gasteiger partial charge in [0, 0.05) is 38.9 Å². The summed E-state index contributed by atoms with van der Waals surface area (Å²) in [6, 6.07) is -3.00. The van der Waals surface area contributed by atoms with Crippen molar-refractivity contribution < 1.29 is 33.6 Å². The molecule has 0 rings (SSSR count). The molecule has 0 aromatic carbocycles. The first-order chi connectivity index (χ1) is 26.4. The van der Waals surface area contributed by atoms with Crippen molar-refractivity contribution in [1.82, 2.24) is 31.9 Å². The van der Waals surface area contributed by atoms with Gasteiger partial charge >= 0.3 is 0 Å². The van der Waals surface area contributed by atoms with Crippen LogP contribution in [0.5, 0.6) is 0 Å². The van der Waals surface area contributed by atoms with Crippen LogP contribution < -0.4 is 66.3 Å².